The summed E-state index contributed by atoms with van der Waals surface area (Å²) in [4.78, 5) is 0. The standard InChI is InChI=1S/C6H6O2.5CO.Cr/c1-7-5-6-3-2-4-8-6;5*1-2;/h2-4H,1H3;;;;;;. The van der Waals surface area contributed by atoms with Crippen LogP contribution >= 0.6 is 0 Å². The van der Waals surface area contributed by atoms with Crippen molar-refractivity contribution in [1.82, 2.24) is 0 Å². The van der Waals surface area contributed by atoms with Gasteiger partial charge in [0.05, 0.1) is 0 Å². The van der Waals surface area contributed by atoms with Crippen LogP contribution in [0.3, 0.4) is 0 Å². The van der Waals surface area contributed by atoms with Gasteiger partial charge in [0.1, 0.15) is 0 Å². The van der Waals surface area contributed by atoms with E-state index >= 15 is 0 Å². The third kappa shape index (κ3) is 26.1. The Morgan fingerprint density at radius 3 is 1.58 bits per heavy atom. The summed E-state index contributed by atoms with van der Waals surface area (Å²) in [5, 5.41) is 0. The molecule has 1 aromatic rings. The number of furan rings is 1. The summed E-state index contributed by atoms with van der Waals surface area (Å²) in [5.74, 6) is 0.734. The molecule has 1 aromatic heterocycles. The van der Waals surface area contributed by atoms with Crippen molar-refractivity contribution in [1.29, 1.82) is 0 Å². The van der Waals surface area contributed by atoms with Gasteiger partial charge in [0.15, 0.2) is 0 Å². The summed E-state index contributed by atoms with van der Waals surface area (Å²) < 4.78 is 48.0. The van der Waals surface area contributed by atoms with Crippen LogP contribution in [0, 0.1) is 33.3 Å². The molecule has 0 spiro atoms. The molecule has 0 unspecified atom stereocenters. The predicted molar refractivity (Wildman–Crippen MR) is 49.5 cm³/mol. The first-order chi connectivity index (χ1) is 9.34. The number of hydrogen-bond acceptors (Lipinski definition) is 2. The van der Waals surface area contributed by atoms with Crippen LogP contribution in [0.4, 0.5) is 0 Å². The predicted octanol–water partition coefficient (Wildman–Crippen LogP) is 0.763. The van der Waals surface area contributed by atoms with Gasteiger partial charge in [-0.2, -0.15) is 0 Å². The van der Waals surface area contributed by atoms with Gasteiger partial charge in [0, 0.05) is 0 Å². The first-order valence-corrected chi connectivity index (χ1v) is 4.12. The third-order valence-corrected chi connectivity index (χ3v) is 1.48. The summed E-state index contributed by atoms with van der Waals surface area (Å²) in [7, 11) is 1.59. The molecule has 0 bridgehead atoms. The van der Waals surface area contributed by atoms with Gasteiger partial charge in [-0.1, -0.05) is 0 Å². The van der Waals surface area contributed by atoms with Gasteiger partial charge < -0.3 is 0 Å². The molecule has 1 rings (SSSR count). The molecule has 0 fully saturated rings. The number of rotatable bonds is 2. The summed E-state index contributed by atoms with van der Waals surface area (Å²) in [6, 6.07) is 3.64. The van der Waals surface area contributed by atoms with E-state index in [1.807, 2.05) is 12.1 Å². The van der Waals surface area contributed by atoms with Crippen LogP contribution in [0.1, 0.15) is 5.76 Å². The minimum atomic E-state index is 0.681. The van der Waals surface area contributed by atoms with Crippen molar-refractivity contribution in [3.8, 4) is 0 Å². The van der Waals surface area contributed by atoms with E-state index in [9.17, 15) is 0 Å². The molecule has 0 aliphatic carbocycles. The van der Waals surface area contributed by atoms with Crippen LogP contribution in [-0.4, -0.2) is 11.7 Å². The molecule has 0 N–H and O–H groups in total. The van der Waals surface area contributed by atoms with Gasteiger partial charge in [-0.15, -0.1) is 0 Å². The van der Waals surface area contributed by atoms with Crippen LogP contribution in [0.25, 0.3) is 0 Å². The summed E-state index contributed by atoms with van der Waals surface area (Å²) >= 11 is 2.73. The van der Waals surface area contributed by atoms with E-state index in [4.69, 9.17) is 32.4 Å². The van der Waals surface area contributed by atoms with Gasteiger partial charge in [0.25, 0.3) is 0 Å². The van der Waals surface area contributed by atoms with Crippen molar-refractivity contribution in [3.05, 3.63) is 57.4 Å². The van der Waals surface area contributed by atoms with Crippen molar-refractivity contribution in [2.24, 2.45) is 0 Å². The van der Waals surface area contributed by atoms with Gasteiger partial charge in [-0.3, -0.25) is 0 Å². The van der Waals surface area contributed by atoms with Crippen LogP contribution in [0.15, 0.2) is 22.8 Å². The number of ether oxygens (including phenoxy) is 1. The van der Waals surface area contributed by atoms with Crippen molar-refractivity contribution >= 4 is 4.57 Å². The zero-order valence-electron chi connectivity index (χ0n) is 9.50. The van der Waals surface area contributed by atoms with Crippen LogP contribution in [-0.2, 0) is 43.8 Å². The van der Waals surface area contributed by atoms with E-state index in [1.54, 1.807) is 13.4 Å². The minimum absolute atomic E-state index is 0.681. The number of hydrogen-bond donors (Lipinski definition) is 0. The van der Waals surface area contributed by atoms with Crippen LogP contribution in [0.5, 0.6) is 0 Å². The fourth-order valence-corrected chi connectivity index (χ4v) is 0.677. The zero-order valence-corrected chi connectivity index (χ0v) is 10.8. The van der Waals surface area contributed by atoms with E-state index < -0.39 is 0 Å². The van der Waals surface area contributed by atoms with Gasteiger partial charge in [-0.05, 0) is 0 Å². The average molecular weight is 302 g/mol. The topological polar surface area (TPSA) is 122 Å². The normalized spacial score (nSPS) is 5.00. The number of methoxy groups -OCH3 is 1. The monoisotopic (exact) mass is 302 g/mol. The Bertz CT molecular complexity index is 335. The Balaban J connectivity index is -0.0000000557. The average Bonchev–Trinajstić information content (AvgIpc) is 3.11. The second-order valence-corrected chi connectivity index (χ2v) is 2.05. The van der Waals surface area contributed by atoms with Gasteiger partial charge in [0.2, 0.25) is 0 Å². The summed E-state index contributed by atoms with van der Waals surface area (Å²) in [6.07, 6.45) is 1.60. The summed E-state index contributed by atoms with van der Waals surface area (Å²) in [5.41, 5.74) is 0. The molecule has 0 aliphatic rings. The molecule has 0 aliphatic heterocycles. The Hall–Kier alpha value is -1.66. The zero-order chi connectivity index (χ0) is 16.7. The summed E-state index contributed by atoms with van der Waals surface area (Å²) in [6.45, 7) is 22.5. The van der Waals surface area contributed by atoms with Crippen molar-refractivity contribution in [2.45, 2.75) is 0 Å². The molecule has 0 aromatic carbocycles. The Morgan fingerprint density at radius 2 is 1.37 bits per heavy atom. The molecule has 0 radical (unpaired) electrons. The first-order valence-electron chi connectivity index (χ1n) is 3.48. The molecule has 0 saturated heterocycles. The van der Waals surface area contributed by atoms with Gasteiger partial charge >= 0.3 is 117 Å². The quantitative estimate of drug-likeness (QED) is 0.591. The molecule has 0 saturated carbocycles. The molecule has 0 atom stereocenters. The molecule has 7 nitrogen and oxygen atoms in total. The Kier molecular flexibility index (Phi) is 70.5. The second kappa shape index (κ2) is 44.1. The molecular formula is C11H6CrO7. The fourth-order valence-electron chi connectivity index (χ4n) is 0.495. The van der Waals surface area contributed by atoms with E-state index in [1.165, 1.54) is 0 Å². The van der Waals surface area contributed by atoms with Crippen LogP contribution < -0.4 is 0 Å². The maximum absolute atomic E-state index is 7.50. The SMILES string of the molecule is CO[C](=[Cr])c1ccco1.[C-]#[O+].[C-]#[O+].[C-]#[O+].[C-]#[O+].[C-]#[O+]. The van der Waals surface area contributed by atoms with Crippen molar-refractivity contribution < 1.29 is 48.3 Å². The van der Waals surface area contributed by atoms with E-state index in [0.717, 1.165) is 5.76 Å². The first kappa shape index (κ1) is 30.4. The van der Waals surface area contributed by atoms with E-state index in [-0.39, 0.29) is 0 Å². The Labute approximate surface area is 118 Å². The second-order valence-electron chi connectivity index (χ2n) is 1.47. The fraction of sp³-hybridized carbons (Fsp3) is 0.0909. The molecular weight excluding hydrogens is 296 g/mol. The van der Waals surface area contributed by atoms with Gasteiger partial charge in [-0.25, -0.2) is 0 Å². The van der Waals surface area contributed by atoms with E-state index in [0.29, 0.717) is 4.57 Å². The van der Waals surface area contributed by atoms with Crippen molar-refractivity contribution in [2.75, 3.05) is 7.11 Å². The molecule has 19 heavy (non-hydrogen) atoms. The molecule has 8 heteroatoms. The maximum atomic E-state index is 7.50. The van der Waals surface area contributed by atoms with Crippen molar-refractivity contribution in [3.63, 3.8) is 0 Å². The molecule has 0 amide bonds. The molecule has 98 valence electrons. The molecule has 1 heterocycles. The van der Waals surface area contributed by atoms with Crippen LogP contribution in [0.2, 0.25) is 0 Å². The Morgan fingerprint density at radius 1 is 1.00 bits per heavy atom. The third-order valence-electron chi connectivity index (χ3n) is 0.908. The van der Waals surface area contributed by atoms with E-state index in [2.05, 4.69) is 49.1 Å².